The Hall–Kier alpha value is -1.88. The summed E-state index contributed by atoms with van der Waals surface area (Å²) in [6.07, 6.45) is 5.74. The van der Waals surface area contributed by atoms with Gasteiger partial charge in [-0.25, -0.2) is 0 Å². The second-order valence-electron chi connectivity index (χ2n) is 4.57. The van der Waals surface area contributed by atoms with Gasteiger partial charge in [-0.15, -0.1) is 0 Å². The molecule has 1 aromatic carbocycles. The van der Waals surface area contributed by atoms with E-state index in [9.17, 15) is 0 Å². The smallest absolute Gasteiger partial charge is 0.184 e. The van der Waals surface area contributed by atoms with Gasteiger partial charge in [0.25, 0.3) is 0 Å². The normalized spacial score (nSPS) is 16.1. The monoisotopic (exact) mass is 261 g/mol. The van der Waals surface area contributed by atoms with Crippen molar-refractivity contribution >= 4 is 29.6 Å². The molecule has 0 bridgehead atoms. The molecule has 1 aliphatic rings. The number of ether oxygens (including phenoxy) is 1. The van der Waals surface area contributed by atoms with E-state index in [0.717, 1.165) is 16.9 Å². The lowest BCUT2D eigenvalue weighted by Crippen LogP contribution is -2.27. The van der Waals surface area contributed by atoms with Crippen LogP contribution in [0.2, 0.25) is 0 Å². The van der Waals surface area contributed by atoms with E-state index < -0.39 is 0 Å². The third kappa shape index (κ3) is 3.07. The Morgan fingerprint density at radius 2 is 2.28 bits per heavy atom. The van der Waals surface area contributed by atoms with Crippen LogP contribution in [-0.2, 0) is 0 Å². The number of fused-ring (bicyclic) bond motifs is 1. The summed E-state index contributed by atoms with van der Waals surface area (Å²) in [5.41, 5.74) is 9.52. The minimum Gasteiger partial charge on any atom is -0.483 e. The van der Waals surface area contributed by atoms with Gasteiger partial charge in [0.2, 0.25) is 0 Å². The zero-order chi connectivity index (χ0) is 13.2. The third-order valence-corrected chi connectivity index (χ3v) is 2.55. The maximum absolute atomic E-state index is 5.83. The minimum absolute atomic E-state index is 0.147. The molecule has 4 nitrogen and oxygen atoms in total. The molecule has 1 heterocycles. The second-order valence-corrected chi connectivity index (χ2v) is 5.01. The molecule has 0 aliphatic carbocycles. The van der Waals surface area contributed by atoms with Crippen molar-refractivity contribution in [3.63, 3.8) is 0 Å². The summed E-state index contributed by atoms with van der Waals surface area (Å²) in [4.78, 5) is 0. The van der Waals surface area contributed by atoms with Crippen molar-refractivity contribution in [2.45, 2.75) is 19.4 Å². The molecule has 0 fully saturated rings. The van der Waals surface area contributed by atoms with Crippen LogP contribution >= 0.6 is 12.2 Å². The van der Waals surface area contributed by atoms with Gasteiger partial charge in [-0.2, -0.15) is 5.10 Å². The maximum atomic E-state index is 5.83. The fraction of sp³-hybridized carbons (Fsp3) is 0.231. The number of nitrogens with two attached hydrogens (primary N) is 1. The van der Waals surface area contributed by atoms with Gasteiger partial charge in [0.1, 0.15) is 11.4 Å². The lowest BCUT2D eigenvalue weighted by atomic mass is 10.0. The van der Waals surface area contributed by atoms with Gasteiger partial charge in [0, 0.05) is 5.56 Å². The van der Waals surface area contributed by atoms with Crippen LogP contribution in [0, 0.1) is 0 Å². The zero-order valence-corrected chi connectivity index (χ0v) is 11.1. The molecule has 0 radical (unpaired) electrons. The lowest BCUT2D eigenvalue weighted by molar-refractivity contribution is 0.159. The molecule has 1 aliphatic heterocycles. The standard InChI is InChI=1S/C13H15N3OS/c1-13(2)6-5-10-7-9(3-4-11(10)17-13)8-15-16-12(14)18/h3-8H,1-2H3,(H3,14,16,18). The number of thiocarbonyl (C=S) groups is 1. The average molecular weight is 261 g/mol. The summed E-state index contributed by atoms with van der Waals surface area (Å²) in [5, 5.41) is 4.06. The van der Waals surface area contributed by atoms with Crippen LogP contribution in [0.1, 0.15) is 25.0 Å². The van der Waals surface area contributed by atoms with E-state index in [1.165, 1.54) is 0 Å². The molecule has 1 aromatic rings. The van der Waals surface area contributed by atoms with Crippen molar-refractivity contribution in [1.82, 2.24) is 5.43 Å². The molecule has 0 atom stereocenters. The zero-order valence-electron chi connectivity index (χ0n) is 10.3. The van der Waals surface area contributed by atoms with E-state index in [-0.39, 0.29) is 10.7 Å². The Morgan fingerprint density at radius 3 is 3.00 bits per heavy atom. The predicted molar refractivity (Wildman–Crippen MR) is 77.7 cm³/mol. The summed E-state index contributed by atoms with van der Waals surface area (Å²) >= 11 is 4.66. The van der Waals surface area contributed by atoms with Gasteiger partial charge in [-0.1, -0.05) is 6.08 Å². The molecule has 2 rings (SSSR count). The van der Waals surface area contributed by atoms with Crippen LogP contribution in [0.25, 0.3) is 6.08 Å². The molecule has 0 spiro atoms. The predicted octanol–water partition coefficient (Wildman–Crippen LogP) is 2.04. The highest BCUT2D eigenvalue weighted by Gasteiger charge is 2.21. The number of nitrogens with one attached hydrogen (secondary N) is 1. The average Bonchev–Trinajstić information content (AvgIpc) is 2.28. The topological polar surface area (TPSA) is 59.6 Å². The van der Waals surface area contributed by atoms with Gasteiger partial charge < -0.3 is 10.5 Å². The summed E-state index contributed by atoms with van der Waals surface area (Å²) < 4.78 is 5.83. The molecule has 0 unspecified atom stereocenters. The van der Waals surface area contributed by atoms with Gasteiger partial charge >= 0.3 is 0 Å². The molecular weight excluding hydrogens is 246 g/mol. The molecule has 5 heteroatoms. The first-order valence-corrected chi connectivity index (χ1v) is 5.98. The Kier molecular flexibility index (Phi) is 3.34. The number of nitrogens with zero attached hydrogens (tertiary/aromatic N) is 1. The van der Waals surface area contributed by atoms with E-state index in [1.807, 2.05) is 38.1 Å². The van der Waals surface area contributed by atoms with E-state index in [4.69, 9.17) is 10.5 Å². The highest BCUT2D eigenvalue weighted by molar-refractivity contribution is 7.80. The number of hydrogen-bond donors (Lipinski definition) is 2. The molecule has 3 N–H and O–H groups in total. The summed E-state index contributed by atoms with van der Waals surface area (Å²) in [5.74, 6) is 0.877. The Labute approximate surface area is 112 Å². The largest absolute Gasteiger partial charge is 0.483 e. The van der Waals surface area contributed by atoms with E-state index in [0.29, 0.717) is 0 Å². The lowest BCUT2D eigenvalue weighted by Gasteiger charge is -2.27. The number of rotatable bonds is 2. The number of benzene rings is 1. The van der Waals surface area contributed by atoms with Gasteiger partial charge in [-0.3, -0.25) is 5.43 Å². The molecule has 0 amide bonds. The summed E-state index contributed by atoms with van der Waals surface area (Å²) in [6.45, 7) is 4.04. The highest BCUT2D eigenvalue weighted by atomic mass is 32.1. The van der Waals surface area contributed by atoms with Crippen LogP contribution in [-0.4, -0.2) is 16.9 Å². The van der Waals surface area contributed by atoms with Crippen molar-refractivity contribution in [2.75, 3.05) is 0 Å². The first-order valence-electron chi connectivity index (χ1n) is 5.57. The van der Waals surface area contributed by atoms with Crippen molar-refractivity contribution in [1.29, 1.82) is 0 Å². The number of hydrogen-bond acceptors (Lipinski definition) is 3. The Balaban J connectivity index is 2.19. The van der Waals surface area contributed by atoms with E-state index in [1.54, 1.807) is 6.21 Å². The molecule has 0 saturated heterocycles. The van der Waals surface area contributed by atoms with Gasteiger partial charge in [0.05, 0.1) is 6.21 Å². The van der Waals surface area contributed by atoms with E-state index in [2.05, 4.69) is 28.8 Å². The van der Waals surface area contributed by atoms with Crippen LogP contribution in [0.3, 0.4) is 0 Å². The maximum Gasteiger partial charge on any atom is 0.184 e. The van der Waals surface area contributed by atoms with Crippen LogP contribution in [0.4, 0.5) is 0 Å². The molecule has 18 heavy (non-hydrogen) atoms. The quantitative estimate of drug-likeness (QED) is 0.486. The molecule has 94 valence electrons. The van der Waals surface area contributed by atoms with Crippen molar-refractivity contribution < 1.29 is 4.74 Å². The van der Waals surface area contributed by atoms with Crippen LogP contribution < -0.4 is 15.9 Å². The first-order chi connectivity index (χ1) is 8.46. The van der Waals surface area contributed by atoms with Crippen molar-refractivity contribution in [2.24, 2.45) is 10.8 Å². The fourth-order valence-electron chi connectivity index (χ4n) is 1.65. The van der Waals surface area contributed by atoms with Crippen LogP contribution in [0.5, 0.6) is 5.75 Å². The van der Waals surface area contributed by atoms with Crippen LogP contribution in [0.15, 0.2) is 29.4 Å². The SMILES string of the molecule is CC1(C)C=Cc2cc(C=NNC(N)=S)ccc2O1. The van der Waals surface area contributed by atoms with Crippen molar-refractivity contribution in [3.8, 4) is 5.75 Å². The molecule has 0 saturated carbocycles. The number of hydrazone groups is 1. The summed E-state index contributed by atoms with van der Waals surface area (Å²) in [7, 11) is 0. The Bertz CT molecular complexity index is 535. The molecular formula is C13H15N3OS. The fourth-order valence-corrected chi connectivity index (χ4v) is 1.70. The minimum atomic E-state index is -0.254. The van der Waals surface area contributed by atoms with Gasteiger partial charge in [-0.05, 0) is 55.9 Å². The van der Waals surface area contributed by atoms with Crippen molar-refractivity contribution in [3.05, 3.63) is 35.4 Å². The Morgan fingerprint density at radius 1 is 1.50 bits per heavy atom. The summed E-state index contributed by atoms with van der Waals surface area (Å²) in [6, 6.07) is 5.85. The molecule has 0 aromatic heterocycles. The third-order valence-electron chi connectivity index (χ3n) is 2.46. The second kappa shape index (κ2) is 4.78. The first kappa shape index (κ1) is 12.6. The van der Waals surface area contributed by atoms with E-state index >= 15 is 0 Å². The van der Waals surface area contributed by atoms with Gasteiger partial charge in [0.15, 0.2) is 5.11 Å². The highest BCUT2D eigenvalue weighted by Crippen LogP contribution is 2.30.